The van der Waals surface area contributed by atoms with Gasteiger partial charge in [-0.25, -0.2) is 0 Å². The van der Waals surface area contributed by atoms with Gasteiger partial charge in [-0.1, -0.05) is 30.3 Å². The molecule has 2 rings (SSSR count). The van der Waals surface area contributed by atoms with Crippen molar-refractivity contribution in [3.05, 3.63) is 52.8 Å². The zero-order valence-electron chi connectivity index (χ0n) is 16.9. The lowest BCUT2D eigenvalue weighted by Gasteiger charge is -2.22. The Morgan fingerprint density at radius 1 is 1.22 bits per heavy atom. The minimum absolute atomic E-state index is 0.0399. The summed E-state index contributed by atoms with van der Waals surface area (Å²) in [5.41, 5.74) is 4.38. The van der Waals surface area contributed by atoms with Crippen LogP contribution in [0.15, 0.2) is 35.3 Å². The van der Waals surface area contributed by atoms with Crippen molar-refractivity contribution in [2.75, 3.05) is 20.1 Å². The van der Waals surface area contributed by atoms with Crippen LogP contribution in [0.25, 0.3) is 0 Å². The van der Waals surface area contributed by atoms with Gasteiger partial charge in [0.15, 0.2) is 5.96 Å². The van der Waals surface area contributed by atoms with Crippen LogP contribution in [0.4, 0.5) is 0 Å². The van der Waals surface area contributed by atoms with Gasteiger partial charge in [-0.15, -0.1) is 0 Å². The number of nitrogens with zero attached hydrogens (tertiary/aromatic N) is 4. The molecule has 1 aromatic heterocycles. The van der Waals surface area contributed by atoms with Crippen LogP contribution in [0, 0.1) is 13.8 Å². The molecule has 0 fully saturated rings. The molecule has 0 saturated heterocycles. The first-order valence-electron chi connectivity index (χ1n) is 9.21. The highest BCUT2D eigenvalue weighted by atomic mass is 16.2. The van der Waals surface area contributed by atoms with E-state index in [9.17, 15) is 4.79 Å². The van der Waals surface area contributed by atoms with Crippen LogP contribution in [0.1, 0.15) is 29.4 Å². The van der Waals surface area contributed by atoms with Crippen molar-refractivity contribution in [2.45, 2.75) is 33.9 Å². The largest absolute Gasteiger partial charge is 0.352 e. The number of rotatable bonds is 7. The Bertz CT molecular complexity index is 781. The molecule has 0 aliphatic carbocycles. The monoisotopic (exact) mass is 370 g/mol. The van der Waals surface area contributed by atoms with Gasteiger partial charge in [-0.3, -0.25) is 14.5 Å². The number of carbonyl (C=O) groups excluding carboxylic acids is 1. The van der Waals surface area contributed by atoms with E-state index in [1.54, 1.807) is 7.05 Å². The first-order valence-corrected chi connectivity index (χ1v) is 9.21. The van der Waals surface area contributed by atoms with Crippen LogP contribution in [0.2, 0.25) is 0 Å². The molecule has 1 aromatic carbocycles. The number of benzene rings is 1. The number of amides is 1. The van der Waals surface area contributed by atoms with Crippen molar-refractivity contribution in [3.63, 3.8) is 0 Å². The summed E-state index contributed by atoms with van der Waals surface area (Å²) in [6, 6.07) is 10.0. The number of nitrogens with one attached hydrogen (secondary N) is 2. The number of aliphatic imine (C=N–C) groups is 1. The minimum atomic E-state index is 0.0399. The van der Waals surface area contributed by atoms with Gasteiger partial charge < -0.3 is 15.5 Å². The topological polar surface area (TPSA) is 74.6 Å². The van der Waals surface area contributed by atoms with Crippen LogP contribution in [-0.2, 0) is 24.9 Å². The van der Waals surface area contributed by atoms with E-state index in [0.717, 1.165) is 22.5 Å². The number of hydrogen-bond acceptors (Lipinski definition) is 3. The third kappa shape index (κ3) is 5.57. The summed E-state index contributed by atoms with van der Waals surface area (Å²) in [5.74, 6) is 0.639. The molecule has 1 heterocycles. The van der Waals surface area contributed by atoms with E-state index in [1.165, 1.54) is 0 Å². The van der Waals surface area contributed by atoms with E-state index in [0.29, 0.717) is 25.6 Å². The molecule has 7 nitrogen and oxygen atoms in total. The molecule has 27 heavy (non-hydrogen) atoms. The molecule has 0 atom stereocenters. The average molecular weight is 371 g/mol. The number of likely N-dealkylation sites (N-methyl/N-ethyl adjacent to an activating group) is 1. The summed E-state index contributed by atoms with van der Waals surface area (Å²) in [5, 5.41) is 10.8. The predicted molar refractivity (Wildman–Crippen MR) is 108 cm³/mol. The van der Waals surface area contributed by atoms with E-state index in [2.05, 4.69) is 20.7 Å². The molecule has 0 radical (unpaired) electrons. The molecule has 0 unspecified atom stereocenters. The first-order chi connectivity index (χ1) is 13.0. The lowest BCUT2D eigenvalue weighted by atomic mass is 10.2. The van der Waals surface area contributed by atoms with Crippen LogP contribution < -0.4 is 10.6 Å². The quantitative estimate of drug-likeness (QED) is 0.575. The van der Waals surface area contributed by atoms with E-state index in [4.69, 9.17) is 0 Å². The van der Waals surface area contributed by atoms with Crippen LogP contribution >= 0.6 is 0 Å². The molecular formula is C20H30N6O. The third-order valence-corrected chi connectivity index (χ3v) is 4.67. The van der Waals surface area contributed by atoms with Gasteiger partial charge in [0.05, 0.1) is 12.2 Å². The predicted octanol–water partition coefficient (Wildman–Crippen LogP) is 1.75. The molecule has 2 N–H and O–H groups in total. The number of hydrogen-bond donors (Lipinski definition) is 2. The Balaban J connectivity index is 1.87. The standard InChI is InChI=1S/C20H30N6O/c1-6-26(14-17-10-8-7-9-11-17)19(27)13-23-20(21-4)22-12-18-15(2)24-25(5)16(18)3/h7-11H,6,12-14H2,1-5H3,(H2,21,22,23). The maximum absolute atomic E-state index is 12.6. The second-order valence-corrected chi connectivity index (χ2v) is 6.45. The fourth-order valence-corrected chi connectivity index (χ4v) is 2.92. The van der Waals surface area contributed by atoms with Gasteiger partial charge in [0.2, 0.25) is 5.91 Å². The minimum Gasteiger partial charge on any atom is -0.352 e. The maximum atomic E-state index is 12.6. The molecule has 7 heteroatoms. The lowest BCUT2D eigenvalue weighted by molar-refractivity contribution is -0.130. The van der Waals surface area contributed by atoms with Crippen molar-refractivity contribution >= 4 is 11.9 Å². The summed E-state index contributed by atoms with van der Waals surface area (Å²) in [7, 11) is 3.63. The summed E-state index contributed by atoms with van der Waals surface area (Å²) in [6.45, 7) is 8.10. The number of guanidine groups is 1. The third-order valence-electron chi connectivity index (χ3n) is 4.67. The van der Waals surface area contributed by atoms with Crippen LogP contribution in [-0.4, -0.2) is 46.7 Å². The van der Waals surface area contributed by atoms with Gasteiger partial charge in [0, 0.05) is 45.0 Å². The van der Waals surface area contributed by atoms with Crippen molar-refractivity contribution in [3.8, 4) is 0 Å². The van der Waals surface area contributed by atoms with Gasteiger partial charge in [0.1, 0.15) is 0 Å². The first kappa shape index (κ1) is 20.5. The Morgan fingerprint density at radius 2 is 1.93 bits per heavy atom. The maximum Gasteiger partial charge on any atom is 0.242 e. The Hall–Kier alpha value is -2.83. The molecule has 0 aliphatic rings. The van der Waals surface area contributed by atoms with E-state index in [-0.39, 0.29) is 12.5 Å². The summed E-state index contributed by atoms with van der Waals surface area (Å²) in [6.07, 6.45) is 0. The van der Waals surface area contributed by atoms with Crippen molar-refractivity contribution < 1.29 is 4.79 Å². The summed E-state index contributed by atoms with van der Waals surface area (Å²) < 4.78 is 1.87. The summed E-state index contributed by atoms with van der Waals surface area (Å²) in [4.78, 5) is 18.6. The second kappa shape index (κ2) is 9.75. The molecule has 1 amide bonds. The van der Waals surface area contributed by atoms with Crippen LogP contribution in [0.3, 0.4) is 0 Å². The van der Waals surface area contributed by atoms with E-state index >= 15 is 0 Å². The molecule has 0 bridgehead atoms. The van der Waals surface area contributed by atoms with Gasteiger partial charge in [-0.2, -0.15) is 5.10 Å². The Kier molecular flexibility index (Phi) is 7.40. The SMILES string of the molecule is CCN(Cc1ccccc1)C(=O)CNC(=NC)NCc1c(C)nn(C)c1C. The number of carbonyl (C=O) groups is 1. The molecular weight excluding hydrogens is 340 g/mol. The van der Waals surface area contributed by atoms with Gasteiger partial charge in [-0.05, 0) is 26.3 Å². The van der Waals surface area contributed by atoms with Crippen molar-refractivity contribution in [2.24, 2.45) is 12.0 Å². The number of aromatic nitrogens is 2. The smallest absolute Gasteiger partial charge is 0.242 e. The zero-order chi connectivity index (χ0) is 19.8. The molecule has 0 saturated carbocycles. The fraction of sp³-hybridized carbons (Fsp3) is 0.450. The average Bonchev–Trinajstić information content (AvgIpc) is 2.92. The highest BCUT2D eigenvalue weighted by Gasteiger charge is 2.14. The lowest BCUT2D eigenvalue weighted by Crippen LogP contribution is -2.44. The molecule has 2 aromatic rings. The molecule has 0 aliphatic heterocycles. The molecule has 146 valence electrons. The van der Waals surface area contributed by atoms with Crippen molar-refractivity contribution in [1.82, 2.24) is 25.3 Å². The fourth-order valence-electron chi connectivity index (χ4n) is 2.92. The van der Waals surface area contributed by atoms with E-state index in [1.807, 2.05) is 67.7 Å². The summed E-state index contributed by atoms with van der Waals surface area (Å²) >= 11 is 0. The Morgan fingerprint density at radius 3 is 2.48 bits per heavy atom. The number of aryl methyl sites for hydroxylation is 2. The van der Waals surface area contributed by atoms with Gasteiger partial charge in [0.25, 0.3) is 0 Å². The Labute approximate surface area is 161 Å². The zero-order valence-corrected chi connectivity index (χ0v) is 16.9. The highest BCUT2D eigenvalue weighted by Crippen LogP contribution is 2.11. The second-order valence-electron chi connectivity index (χ2n) is 6.45. The van der Waals surface area contributed by atoms with Crippen molar-refractivity contribution in [1.29, 1.82) is 0 Å². The highest BCUT2D eigenvalue weighted by molar-refractivity contribution is 5.86. The van der Waals surface area contributed by atoms with Gasteiger partial charge >= 0.3 is 0 Å². The van der Waals surface area contributed by atoms with E-state index < -0.39 is 0 Å². The molecule has 0 spiro atoms. The van der Waals surface area contributed by atoms with Crippen LogP contribution in [0.5, 0.6) is 0 Å². The normalized spacial score (nSPS) is 11.4.